The topological polar surface area (TPSA) is 79.3 Å². The Morgan fingerprint density at radius 2 is 2.00 bits per heavy atom. The average molecular weight is 258 g/mol. The lowest BCUT2D eigenvalue weighted by atomic mass is 10.3. The Morgan fingerprint density at radius 1 is 1.29 bits per heavy atom. The molecule has 0 amide bonds. The molecule has 0 saturated carbocycles. The Balaban J connectivity index is 2.69. The van der Waals surface area contributed by atoms with Crippen molar-refractivity contribution < 1.29 is 13.5 Å². The zero-order chi connectivity index (χ0) is 12.9. The number of unbranched alkanes of at least 4 members (excludes halogenated alkanes) is 1. The molecule has 0 unspecified atom stereocenters. The Bertz CT molecular complexity index is 472. The highest BCUT2D eigenvalue weighted by Crippen LogP contribution is 2.14. The Morgan fingerprint density at radius 3 is 2.59 bits per heavy atom. The third-order valence-corrected chi connectivity index (χ3v) is 3.67. The minimum atomic E-state index is -3.34. The number of aryl methyl sites for hydroxylation is 2. The van der Waals surface area contributed by atoms with Gasteiger partial charge in [0, 0.05) is 12.3 Å². The lowest BCUT2D eigenvalue weighted by Crippen LogP contribution is -2.18. The maximum Gasteiger partial charge on any atom is 0.232 e. The number of nitrogens with one attached hydrogen (secondary N) is 1. The fraction of sp³-hybridized carbons (Fsp3) is 0.545. The molecule has 6 heteroatoms. The summed E-state index contributed by atoms with van der Waals surface area (Å²) < 4.78 is 25.9. The van der Waals surface area contributed by atoms with Crippen LogP contribution in [-0.2, 0) is 10.0 Å². The van der Waals surface area contributed by atoms with Crippen molar-refractivity contribution in [3.63, 3.8) is 0 Å². The van der Waals surface area contributed by atoms with Gasteiger partial charge >= 0.3 is 0 Å². The molecule has 0 aliphatic rings. The smallest absolute Gasteiger partial charge is 0.232 e. The van der Waals surface area contributed by atoms with Gasteiger partial charge in [-0.1, -0.05) is 0 Å². The van der Waals surface area contributed by atoms with Gasteiger partial charge < -0.3 is 5.11 Å². The predicted molar refractivity (Wildman–Crippen MR) is 67.4 cm³/mol. The van der Waals surface area contributed by atoms with Crippen molar-refractivity contribution >= 4 is 15.7 Å². The van der Waals surface area contributed by atoms with Crippen LogP contribution in [0.1, 0.15) is 24.2 Å². The van der Waals surface area contributed by atoms with Crippen LogP contribution in [0.4, 0.5) is 5.69 Å². The van der Waals surface area contributed by atoms with Gasteiger partial charge in [0.25, 0.3) is 0 Å². The highest BCUT2D eigenvalue weighted by Gasteiger charge is 2.11. The first kappa shape index (κ1) is 13.9. The van der Waals surface area contributed by atoms with Crippen molar-refractivity contribution in [1.82, 2.24) is 4.98 Å². The minimum absolute atomic E-state index is 0.0145. The molecule has 0 aromatic carbocycles. The fourth-order valence-electron chi connectivity index (χ4n) is 1.42. The molecule has 0 bridgehead atoms. The molecule has 1 aromatic rings. The van der Waals surface area contributed by atoms with Crippen LogP contribution >= 0.6 is 0 Å². The summed E-state index contributed by atoms with van der Waals surface area (Å²) in [6.07, 6.45) is 0.941. The molecule has 1 rings (SSSR count). The lowest BCUT2D eigenvalue weighted by molar-refractivity contribution is 0.287. The first-order valence-electron chi connectivity index (χ1n) is 5.50. The van der Waals surface area contributed by atoms with E-state index in [4.69, 9.17) is 5.11 Å². The summed E-state index contributed by atoms with van der Waals surface area (Å²) in [5.74, 6) is 0.0148. The van der Waals surface area contributed by atoms with E-state index in [0.717, 1.165) is 5.69 Å². The SMILES string of the molecule is Cc1ccc(NS(=O)(=O)CCCCO)c(C)n1. The zero-order valence-corrected chi connectivity index (χ0v) is 10.9. The summed E-state index contributed by atoms with van der Waals surface area (Å²) in [5.41, 5.74) is 2.03. The molecule has 17 heavy (non-hydrogen) atoms. The van der Waals surface area contributed by atoms with E-state index in [1.165, 1.54) is 0 Å². The minimum Gasteiger partial charge on any atom is -0.396 e. The summed E-state index contributed by atoms with van der Waals surface area (Å²) in [7, 11) is -3.34. The van der Waals surface area contributed by atoms with E-state index >= 15 is 0 Å². The third kappa shape index (κ3) is 4.70. The first-order valence-corrected chi connectivity index (χ1v) is 7.15. The molecule has 0 saturated heterocycles. The number of aromatic nitrogens is 1. The average Bonchev–Trinajstić information content (AvgIpc) is 2.22. The molecule has 1 heterocycles. The van der Waals surface area contributed by atoms with Crippen molar-refractivity contribution in [3.05, 3.63) is 23.5 Å². The standard InChI is InChI=1S/C11H18N2O3S/c1-9-5-6-11(10(2)12-9)13-17(15,16)8-4-3-7-14/h5-6,13-14H,3-4,7-8H2,1-2H3. The predicted octanol–water partition coefficient (Wildman–Crippen LogP) is 1.21. The lowest BCUT2D eigenvalue weighted by Gasteiger charge is -2.10. The van der Waals surface area contributed by atoms with E-state index in [-0.39, 0.29) is 12.4 Å². The van der Waals surface area contributed by atoms with Crippen LogP contribution in [0.5, 0.6) is 0 Å². The monoisotopic (exact) mass is 258 g/mol. The largest absolute Gasteiger partial charge is 0.396 e. The molecule has 96 valence electrons. The number of aliphatic hydroxyl groups excluding tert-OH is 1. The number of aliphatic hydroxyl groups is 1. The van der Waals surface area contributed by atoms with Crippen LogP contribution < -0.4 is 4.72 Å². The van der Waals surface area contributed by atoms with E-state index in [2.05, 4.69) is 9.71 Å². The number of sulfonamides is 1. The van der Waals surface area contributed by atoms with Crippen LogP contribution in [0.15, 0.2) is 12.1 Å². The number of anilines is 1. The maximum absolute atomic E-state index is 11.7. The third-order valence-electron chi connectivity index (χ3n) is 2.31. The molecule has 2 N–H and O–H groups in total. The maximum atomic E-state index is 11.7. The number of pyridine rings is 1. The van der Waals surface area contributed by atoms with Crippen molar-refractivity contribution in [1.29, 1.82) is 0 Å². The normalized spacial score (nSPS) is 11.5. The van der Waals surface area contributed by atoms with Gasteiger partial charge in [0.15, 0.2) is 0 Å². The molecule has 0 aliphatic carbocycles. The van der Waals surface area contributed by atoms with Crippen molar-refractivity contribution in [2.24, 2.45) is 0 Å². The van der Waals surface area contributed by atoms with Gasteiger partial charge in [0.2, 0.25) is 10.0 Å². The van der Waals surface area contributed by atoms with E-state index in [1.807, 2.05) is 6.92 Å². The summed E-state index contributed by atoms with van der Waals surface area (Å²) in [6.45, 7) is 3.63. The van der Waals surface area contributed by atoms with Gasteiger partial charge in [-0.25, -0.2) is 8.42 Å². The van der Waals surface area contributed by atoms with Gasteiger partial charge in [0.05, 0.1) is 17.1 Å². The van der Waals surface area contributed by atoms with Crippen molar-refractivity contribution in [3.8, 4) is 0 Å². The van der Waals surface area contributed by atoms with E-state index in [9.17, 15) is 8.42 Å². The molecular formula is C11H18N2O3S. The second kappa shape index (κ2) is 5.97. The van der Waals surface area contributed by atoms with Gasteiger partial charge in [0.1, 0.15) is 0 Å². The zero-order valence-electron chi connectivity index (χ0n) is 10.1. The molecule has 0 aliphatic heterocycles. The molecule has 0 atom stereocenters. The van der Waals surface area contributed by atoms with Crippen LogP contribution in [0.2, 0.25) is 0 Å². The number of rotatable bonds is 6. The van der Waals surface area contributed by atoms with Crippen LogP contribution in [0.3, 0.4) is 0 Å². The second-order valence-corrected chi connectivity index (χ2v) is 5.78. The molecule has 0 spiro atoms. The van der Waals surface area contributed by atoms with Crippen LogP contribution in [0, 0.1) is 13.8 Å². The molecule has 1 aromatic heterocycles. The van der Waals surface area contributed by atoms with Crippen molar-refractivity contribution in [2.45, 2.75) is 26.7 Å². The molecule has 0 radical (unpaired) electrons. The second-order valence-electron chi connectivity index (χ2n) is 3.94. The van der Waals surface area contributed by atoms with Gasteiger partial charge in [-0.05, 0) is 38.8 Å². The quantitative estimate of drug-likeness (QED) is 0.752. The van der Waals surface area contributed by atoms with E-state index < -0.39 is 10.0 Å². The van der Waals surface area contributed by atoms with Crippen molar-refractivity contribution in [2.75, 3.05) is 17.1 Å². The number of nitrogens with zero attached hydrogens (tertiary/aromatic N) is 1. The van der Waals surface area contributed by atoms with Crippen LogP contribution in [0.25, 0.3) is 0 Å². The summed E-state index contributed by atoms with van der Waals surface area (Å²) in [5, 5.41) is 8.60. The highest BCUT2D eigenvalue weighted by molar-refractivity contribution is 7.92. The highest BCUT2D eigenvalue weighted by atomic mass is 32.2. The number of hydrogen-bond acceptors (Lipinski definition) is 4. The molecule has 5 nitrogen and oxygen atoms in total. The van der Waals surface area contributed by atoms with Gasteiger partial charge in [-0.3, -0.25) is 9.71 Å². The summed E-state index contributed by atoms with van der Waals surface area (Å²) in [6, 6.07) is 3.47. The summed E-state index contributed by atoms with van der Waals surface area (Å²) in [4.78, 5) is 4.19. The van der Waals surface area contributed by atoms with E-state index in [0.29, 0.717) is 24.2 Å². The number of hydrogen-bond donors (Lipinski definition) is 2. The Hall–Kier alpha value is -1.14. The first-order chi connectivity index (χ1) is 7.94. The molecule has 0 fully saturated rings. The summed E-state index contributed by atoms with van der Waals surface area (Å²) >= 11 is 0. The Kier molecular flexibility index (Phi) is 4.89. The molecular weight excluding hydrogens is 240 g/mol. The Labute approximate surface area is 102 Å². The van der Waals surface area contributed by atoms with E-state index in [1.54, 1.807) is 19.1 Å². The van der Waals surface area contributed by atoms with Crippen LogP contribution in [-0.4, -0.2) is 30.9 Å². The van der Waals surface area contributed by atoms with Gasteiger partial charge in [-0.2, -0.15) is 0 Å². The fourth-order valence-corrected chi connectivity index (χ4v) is 2.65. The van der Waals surface area contributed by atoms with Gasteiger partial charge in [-0.15, -0.1) is 0 Å².